The Balaban J connectivity index is 2.30. The van der Waals surface area contributed by atoms with Gasteiger partial charge in [-0.25, -0.2) is 12.8 Å². The first-order valence-electron chi connectivity index (χ1n) is 6.50. The van der Waals surface area contributed by atoms with E-state index in [0.717, 1.165) is 31.4 Å². The number of benzene rings is 1. The Bertz CT molecular complexity index is 556. The summed E-state index contributed by atoms with van der Waals surface area (Å²) < 4.78 is 39.6. The predicted octanol–water partition coefficient (Wildman–Crippen LogP) is 2.22. The molecule has 0 radical (unpaired) electrons. The van der Waals surface area contributed by atoms with Crippen LogP contribution in [0.25, 0.3) is 0 Å². The highest BCUT2D eigenvalue weighted by Gasteiger charge is 2.29. The average Bonchev–Trinajstić information content (AvgIpc) is 2.30. The van der Waals surface area contributed by atoms with E-state index >= 15 is 0 Å². The molecule has 2 N–H and O–H groups in total. The van der Waals surface area contributed by atoms with Crippen LogP contribution in [0.5, 0.6) is 0 Å². The maximum atomic E-state index is 13.2. The molecule has 1 aromatic carbocycles. The van der Waals surface area contributed by atoms with Gasteiger partial charge in [0.1, 0.15) is 10.7 Å². The van der Waals surface area contributed by atoms with Crippen LogP contribution < -0.4 is 5.73 Å². The summed E-state index contributed by atoms with van der Waals surface area (Å²) in [5.74, 6) is -0.169. The van der Waals surface area contributed by atoms with Crippen molar-refractivity contribution >= 4 is 15.7 Å². The molecule has 6 heteroatoms. The molecule has 1 fully saturated rings. The van der Waals surface area contributed by atoms with Crippen LogP contribution >= 0.6 is 0 Å². The zero-order valence-electron chi connectivity index (χ0n) is 11.0. The number of hydrogen-bond acceptors (Lipinski definition) is 3. The highest BCUT2D eigenvalue weighted by Crippen LogP contribution is 2.30. The minimum atomic E-state index is -3.71. The standard InChI is InChI=1S/C13H19FN2O2S/c1-2-16(9-10-4-3-5-10)19(17,18)13-8-11(14)6-7-12(13)15/h6-8,10H,2-5,9,15H2,1H3. The summed E-state index contributed by atoms with van der Waals surface area (Å²) in [5, 5.41) is 0. The van der Waals surface area contributed by atoms with Gasteiger partial charge in [0.05, 0.1) is 5.69 Å². The minimum Gasteiger partial charge on any atom is -0.398 e. The second-order valence-corrected chi connectivity index (χ2v) is 6.84. The lowest BCUT2D eigenvalue weighted by Crippen LogP contribution is -2.37. The van der Waals surface area contributed by atoms with Gasteiger partial charge < -0.3 is 5.73 Å². The minimum absolute atomic E-state index is 0.0912. The van der Waals surface area contributed by atoms with Gasteiger partial charge in [-0.1, -0.05) is 13.3 Å². The second kappa shape index (κ2) is 5.46. The van der Waals surface area contributed by atoms with Gasteiger partial charge in [-0.2, -0.15) is 4.31 Å². The Morgan fingerprint density at radius 1 is 1.42 bits per heavy atom. The van der Waals surface area contributed by atoms with E-state index in [4.69, 9.17) is 5.73 Å². The van der Waals surface area contributed by atoms with Gasteiger partial charge in [0.25, 0.3) is 0 Å². The number of rotatable bonds is 5. The lowest BCUT2D eigenvalue weighted by molar-refractivity contribution is 0.250. The first-order valence-corrected chi connectivity index (χ1v) is 7.94. The van der Waals surface area contributed by atoms with Crippen LogP contribution in [-0.2, 0) is 10.0 Å². The van der Waals surface area contributed by atoms with Crippen molar-refractivity contribution in [1.82, 2.24) is 4.31 Å². The van der Waals surface area contributed by atoms with Crippen molar-refractivity contribution in [3.63, 3.8) is 0 Å². The van der Waals surface area contributed by atoms with Gasteiger partial charge in [-0.3, -0.25) is 0 Å². The molecule has 0 amide bonds. The Morgan fingerprint density at radius 3 is 2.63 bits per heavy atom. The van der Waals surface area contributed by atoms with Gasteiger partial charge in [0.2, 0.25) is 10.0 Å². The van der Waals surface area contributed by atoms with Crippen molar-refractivity contribution in [1.29, 1.82) is 0 Å². The van der Waals surface area contributed by atoms with Crippen molar-refractivity contribution in [3.8, 4) is 0 Å². The lowest BCUT2D eigenvalue weighted by Gasteiger charge is -2.31. The van der Waals surface area contributed by atoms with E-state index in [-0.39, 0.29) is 10.6 Å². The van der Waals surface area contributed by atoms with E-state index in [1.807, 2.05) is 0 Å². The molecule has 0 aromatic heterocycles. The molecule has 1 saturated carbocycles. The fourth-order valence-electron chi connectivity index (χ4n) is 2.23. The highest BCUT2D eigenvalue weighted by atomic mass is 32.2. The SMILES string of the molecule is CCN(CC1CCC1)S(=O)(=O)c1cc(F)ccc1N. The summed E-state index contributed by atoms with van der Waals surface area (Å²) in [6, 6.07) is 3.45. The second-order valence-electron chi connectivity index (χ2n) is 4.93. The summed E-state index contributed by atoms with van der Waals surface area (Å²) in [7, 11) is -3.71. The van der Waals surface area contributed by atoms with Crippen LogP contribution in [0.2, 0.25) is 0 Å². The van der Waals surface area contributed by atoms with Crippen molar-refractivity contribution in [2.24, 2.45) is 5.92 Å². The van der Waals surface area contributed by atoms with Gasteiger partial charge in [0, 0.05) is 13.1 Å². The number of anilines is 1. The Kier molecular flexibility index (Phi) is 4.10. The fraction of sp³-hybridized carbons (Fsp3) is 0.538. The average molecular weight is 286 g/mol. The number of nitrogen functional groups attached to an aromatic ring is 1. The number of sulfonamides is 1. The molecule has 0 spiro atoms. The van der Waals surface area contributed by atoms with Crippen LogP contribution in [0.4, 0.5) is 10.1 Å². The Hall–Kier alpha value is -1.14. The molecule has 1 aliphatic carbocycles. The van der Waals surface area contributed by atoms with Crippen LogP contribution in [0.3, 0.4) is 0 Å². The van der Waals surface area contributed by atoms with E-state index in [1.54, 1.807) is 6.92 Å². The van der Waals surface area contributed by atoms with E-state index in [2.05, 4.69) is 0 Å². The molecule has 0 atom stereocenters. The molecular weight excluding hydrogens is 267 g/mol. The molecule has 4 nitrogen and oxygen atoms in total. The van der Waals surface area contributed by atoms with E-state index in [9.17, 15) is 12.8 Å². The van der Waals surface area contributed by atoms with Gasteiger partial charge in [-0.05, 0) is 37.0 Å². The summed E-state index contributed by atoms with van der Waals surface area (Å²) in [5.41, 5.74) is 5.76. The molecular formula is C13H19FN2O2S. The third kappa shape index (κ3) is 2.90. The zero-order valence-corrected chi connectivity index (χ0v) is 11.8. The monoisotopic (exact) mass is 286 g/mol. The third-order valence-corrected chi connectivity index (χ3v) is 5.63. The van der Waals surface area contributed by atoms with Gasteiger partial charge >= 0.3 is 0 Å². The lowest BCUT2D eigenvalue weighted by atomic mass is 9.85. The van der Waals surface area contributed by atoms with Crippen molar-refractivity contribution in [3.05, 3.63) is 24.0 Å². The zero-order chi connectivity index (χ0) is 14.0. The first-order chi connectivity index (χ1) is 8.95. The topological polar surface area (TPSA) is 63.4 Å². The molecule has 0 unspecified atom stereocenters. The largest absolute Gasteiger partial charge is 0.398 e. The van der Waals surface area contributed by atoms with Gasteiger partial charge in [0.15, 0.2) is 0 Å². The summed E-state index contributed by atoms with van der Waals surface area (Å²) >= 11 is 0. The number of hydrogen-bond donors (Lipinski definition) is 1. The molecule has 0 saturated heterocycles. The van der Waals surface area contributed by atoms with Crippen molar-refractivity contribution in [2.45, 2.75) is 31.1 Å². The predicted molar refractivity (Wildman–Crippen MR) is 72.6 cm³/mol. The molecule has 0 heterocycles. The van der Waals surface area contributed by atoms with Crippen LogP contribution in [0.1, 0.15) is 26.2 Å². The number of nitrogens with zero attached hydrogens (tertiary/aromatic N) is 1. The maximum Gasteiger partial charge on any atom is 0.245 e. The van der Waals surface area contributed by atoms with Crippen molar-refractivity contribution in [2.75, 3.05) is 18.8 Å². The molecule has 2 rings (SSSR count). The Morgan fingerprint density at radius 2 is 2.11 bits per heavy atom. The quantitative estimate of drug-likeness (QED) is 0.844. The molecule has 1 aromatic rings. The number of halogens is 1. The molecule has 1 aliphatic rings. The first kappa shape index (κ1) is 14.3. The molecule has 0 aliphatic heterocycles. The third-order valence-electron chi connectivity index (χ3n) is 3.63. The van der Waals surface area contributed by atoms with Crippen LogP contribution in [0.15, 0.2) is 23.1 Å². The molecule has 19 heavy (non-hydrogen) atoms. The smallest absolute Gasteiger partial charge is 0.245 e. The van der Waals surface area contributed by atoms with E-state index in [1.165, 1.54) is 10.4 Å². The van der Waals surface area contributed by atoms with Crippen LogP contribution in [-0.4, -0.2) is 25.8 Å². The van der Waals surface area contributed by atoms with E-state index < -0.39 is 15.8 Å². The van der Waals surface area contributed by atoms with Crippen molar-refractivity contribution < 1.29 is 12.8 Å². The van der Waals surface area contributed by atoms with Crippen LogP contribution in [0, 0.1) is 11.7 Å². The Labute approximate surface area is 113 Å². The summed E-state index contributed by atoms with van der Waals surface area (Å²) in [6.07, 6.45) is 3.28. The fourth-order valence-corrected chi connectivity index (χ4v) is 3.88. The molecule has 106 valence electrons. The molecule has 0 bridgehead atoms. The summed E-state index contributed by atoms with van der Waals surface area (Å²) in [4.78, 5) is -0.131. The normalized spacial score (nSPS) is 16.6. The van der Waals surface area contributed by atoms with E-state index in [0.29, 0.717) is 19.0 Å². The number of nitrogens with two attached hydrogens (primary N) is 1. The highest BCUT2D eigenvalue weighted by molar-refractivity contribution is 7.89. The van der Waals surface area contributed by atoms with Gasteiger partial charge in [-0.15, -0.1) is 0 Å². The maximum absolute atomic E-state index is 13.2. The summed E-state index contributed by atoms with van der Waals surface area (Å²) in [6.45, 7) is 2.65.